The molecule has 1 amide bonds. The van der Waals surface area contributed by atoms with Crippen molar-refractivity contribution in [1.82, 2.24) is 5.32 Å². The van der Waals surface area contributed by atoms with E-state index < -0.39 is 11.6 Å². The molecule has 0 aliphatic carbocycles. The molecule has 1 atom stereocenters. The predicted octanol–water partition coefficient (Wildman–Crippen LogP) is 3.03. The van der Waals surface area contributed by atoms with Gasteiger partial charge in [0, 0.05) is 11.9 Å². The van der Waals surface area contributed by atoms with Gasteiger partial charge in [0.05, 0.1) is 6.42 Å². The molecule has 0 radical (unpaired) electrons. The Hall–Kier alpha value is -1.16. The van der Waals surface area contributed by atoms with E-state index in [9.17, 15) is 13.6 Å². The third-order valence-corrected chi connectivity index (χ3v) is 3.10. The molecule has 1 aromatic carbocycles. The van der Waals surface area contributed by atoms with E-state index in [0.717, 1.165) is 18.6 Å². The topological polar surface area (TPSA) is 29.1 Å². The highest BCUT2D eigenvalue weighted by atomic mass is 35.5. The standard InChI is InChI=1S/C13H16ClF2NO/c1-2-10(14)5-6-17-13(18)8-9-3-4-11(15)12(16)7-9/h3-4,7,10H,2,5-6,8H2,1H3,(H,17,18). The van der Waals surface area contributed by atoms with Crippen LogP contribution in [-0.4, -0.2) is 17.8 Å². The van der Waals surface area contributed by atoms with Crippen molar-refractivity contribution in [2.45, 2.75) is 31.6 Å². The van der Waals surface area contributed by atoms with Crippen molar-refractivity contribution in [2.75, 3.05) is 6.54 Å². The lowest BCUT2D eigenvalue weighted by atomic mass is 10.1. The molecule has 0 saturated heterocycles. The minimum Gasteiger partial charge on any atom is -0.356 e. The summed E-state index contributed by atoms with van der Waals surface area (Å²) in [7, 11) is 0. The highest BCUT2D eigenvalue weighted by Crippen LogP contribution is 2.09. The summed E-state index contributed by atoms with van der Waals surface area (Å²) in [4.78, 5) is 11.5. The number of halogens is 3. The summed E-state index contributed by atoms with van der Waals surface area (Å²) >= 11 is 5.90. The van der Waals surface area contributed by atoms with Crippen LogP contribution in [0.1, 0.15) is 25.3 Å². The SMILES string of the molecule is CCC(Cl)CCNC(=O)Cc1ccc(F)c(F)c1. The van der Waals surface area contributed by atoms with Gasteiger partial charge in [-0.2, -0.15) is 0 Å². The number of rotatable bonds is 6. The molecule has 0 aliphatic rings. The Kier molecular flexibility index (Phi) is 6.05. The molecule has 0 fully saturated rings. The first-order valence-electron chi connectivity index (χ1n) is 5.87. The maximum atomic E-state index is 12.9. The van der Waals surface area contributed by atoms with Crippen molar-refractivity contribution in [3.8, 4) is 0 Å². The second-order valence-corrected chi connectivity index (χ2v) is 4.69. The Balaban J connectivity index is 2.38. The van der Waals surface area contributed by atoms with E-state index >= 15 is 0 Å². The van der Waals surface area contributed by atoms with Crippen LogP contribution in [0.2, 0.25) is 0 Å². The van der Waals surface area contributed by atoms with Crippen LogP contribution in [0.25, 0.3) is 0 Å². The minimum atomic E-state index is -0.938. The second kappa shape index (κ2) is 7.31. The smallest absolute Gasteiger partial charge is 0.224 e. The maximum absolute atomic E-state index is 12.9. The molecule has 0 spiro atoms. The quantitative estimate of drug-likeness (QED) is 0.795. The summed E-state index contributed by atoms with van der Waals surface area (Å²) in [5.74, 6) is -2.07. The van der Waals surface area contributed by atoms with E-state index in [1.807, 2.05) is 6.92 Å². The summed E-state index contributed by atoms with van der Waals surface area (Å²) in [5, 5.41) is 2.74. The number of hydrogen-bond acceptors (Lipinski definition) is 1. The van der Waals surface area contributed by atoms with Gasteiger partial charge in [0.1, 0.15) is 0 Å². The average molecular weight is 276 g/mol. The Morgan fingerprint density at radius 3 is 2.72 bits per heavy atom. The highest BCUT2D eigenvalue weighted by Gasteiger charge is 2.07. The zero-order valence-corrected chi connectivity index (χ0v) is 10.9. The first-order chi connectivity index (χ1) is 8.52. The number of hydrogen-bond donors (Lipinski definition) is 1. The molecule has 0 aliphatic heterocycles. The van der Waals surface area contributed by atoms with Gasteiger partial charge in [-0.05, 0) is 30.5 Å². The summed E-state index contributed by atoms with van der Waals surface area (Å²) < 4.78 is 25.6. The molecule has 1 aromatic rings. The van der Waals surface area contributed by atoms with Gasteiger partial charge in [-0.25, -0.2) is 8.78 Å². The fraction of sp³-hybridized carbons (Fsp3) is 0.462. The van der Waals surface area contributed by atoms with Crippen molar-refractivity contribution >= 4 is 17.5 Å². The molecule has 0 saturated carbocycles. The Morgan fingerprint density at radius 1 is 1.39 bits per heavy atom. The van der Waals surface area contributed by atoms with Gasteiger partial charge in [0.15, 0.2) is 11.6 Å². The Bertz CT molecular complexity index is 412. The second-order valence-electron chi connectivity index (χ2n) is 4.07. The van der Waals surface area contributed by atoms with Crippen LogP contribution < -0.4 is 5.32 Å². The zero-order chi connectivity index (χ0) is 13.5. The van der Waals surface area contributed by atoms with Crippen molar-refractivity contribution in [2.24, 2.45) is 0 Å². The molecule has 2 nitrogen and oxygen atoms in total. The number of carbonyl (C=O) groups excluding carboxylic acids is 1. The van der Waals surface area contributed by atoms with Gasteiger partial charge in [-0.1, -0.05) is 13.0 Å². The molecule has 18 heavy (non-hydrogen) atoms. The van der Waals surface area contributed by atoms with E-state index in [1.165, 1.54) is 6.07 Å². The van der Waals surface area contributed by atoms with E-state index in [0.29, 0.717) is 18.5 Å². The predicted molar refractivity (Wildman–Crippen MR) is 67.6 cm³/mol. The van der Waals surface area contributed by atoms with Crippen LogP contribution in [0, 0.1) is 11.6 Å². The van der Waals surface area contributed by atoms with Gasteiger partial charge in [-0.3, -0.25) is 4.79 Å². The lowest BCUT2D eigenvalue weighted by Crippen LogP contribution is -2.27. The fourth-order valence-electron chi connectivity index (χ4n) is 1.47. The van der Waals surface area contributed by atoms with E-state index in [2.05, 4.69) is 5.32 Å². The van der Waals surface area contributed by atoms with Crippen LogP contribution in [0.4, 0.5) is 8.78 Å². The third kappa shape index (κ3) is 5.00. The summed E-state index contributed by atoms with van der Waals surface area (Å²) in [6.45, 7) is 2.46. The first-order valence-corrected chi connectivity index (χ1v) is 6.31. The van der Waals surface area contributed by atoms with E-state index in [4.69, 9.17) is 11.6 Å². The lowest BCUT2D eigenvalue weighted by molar-refractivity contribution is -0.120. The fourth-order valence-corrected chi connectivity index (χ4v) is 1.58. The summed E-state index contributed by atoms with van der Waals surface area (Å²) in [6, 6.07) is 3.45. The van der Waals surface area contributed by atoms with Gasteiger partial charge in [-0.15, -0.1) is 11.6 Å². The molecule has 100 valence electrons. The Labute approximate surface area is 110 Å². The molecule has 0 bridgehead atoms. The number of alkyl halides is 1. The van der Waals surface area contributed by atoms with E-state index in [-0.39, 0.29) is 17.7 Å². The van der Waals surface area contributed by atoms with Gasteiger partial charge < -0.3 is 5.32 Å². The van der Waals surface area contributed by atoms with Gasteiger partial charge in [0.2, 0.25) is 5.91 Å². The molecule has 1 rings (SSSR count). The van der Waals surface area contributed by atoms with Crippen LogP contribution in [0.5, 0.6) is 0 Å². The minimum absolute atomic E-state index is 0.0380. The molecule has 1 unspecified atom stereocenters. The van der Waals surface area contributed by atoms with Crippen LogP contribution in [-0.2, 0) is 11.2 Å². The number of carbonyl (C=O) groups is 1. The zero-order valence-electron chi connectivity index (χ0n) is 10.2. The van der Waals surface area contributed by atoms with E-state index in [1.54, 1.807) is 0 Å². The van der Waals surface area contributed by atoms with Crippen molar-refractivity contribution in [1.29, 1.82) is 0 Å². The average Bonchev–Trinajstić information content (AvgIpc) is 2.33. The molecular formula is C13H16ClF2NO. The monoisotopic (exact) mass is 275 g/mol. The van der Waals surface area contributed by atoms with Crippen LogP contribution >= 0.6 is 11.6 Å². The first kappa shape index (κ1) is 14.9. The molecule has 0 aromatic heterocycles. The molecular weight excluding hydrogens is 260 g/mol. The van der Waals surface area contributed by atoms with Crippen LogP contribution in [0.15, 0.2) is 18.2 Å². The van der Waals surface area contributed by atoms with Crippen LogP contribution in [0.3, 0.4) is 0 Å². The molecule has 1 N–H and O–H groups in total. The number of amides is 1. The van der Waals surface area contributed by atoms with Crippen molar-refractivity contribution in [3.05, 3.63) is 35.4 Å². The van der Waals surface area contributed by atoms with Gasteiger partial charge in [0.25, 0.3) is 0 Å². The van der Waals surface area contributed by atoms with Crippen molar-refractivity contribution < 1.29 is 13.6 Å². The summed E-state index contributed by atoms with van der Waals surface area (Å²) in [6.07, 6.45) is 1.58. The van der Waals surface area contributed by atoms with Gasteiger partial charge >= 0.3 is 0 Å². The lowest BCUT2D eigenvalue weighted by Gasteiger charge is -2.08. The normalized spacial score (nSPS) is 12.2. The maximum Gasteiger partial charge on any atom is 0.224 e. The van der Waals surface area contributed by atoms with Crippen molar-refractivity contribution in [3.63, 3.8) is 0 Å². The molecule has 5 heteroatoms. The molecule has 0 heterocycles. The highest BCUT2D eigenvalue weighted by molar-refractivity contribution is 6.20. The summed E-state index contributed by atoms with van der Waals surface area (Å²) in [5.41, 5.74) is 0.448. The third-order valence-electron chi connectivity index (χ3n) is 2.57. The largest absolute Gasteiger partial charge is 0.356 e. The Morgan fingerprint density at radius 2 is 2.11 bits per heavy atom. The number of nitrogens with one attached hydrogen (secondary N) is 1. The number of benzene rings is 1.